The summed E-state index contributed by atoms with van der Waals surface area (Å²) in [7, 11) is 1.80. The van der Waals surface area contributed by atoms with Gasteiger partial charge in [-0.15, -0.1) is 0 Å². The fourth-order valence-electron chi connectivity index (χ4n) is 2.56. The van der Waals surface area contributed by atoms with Crippen LogP contribution in [-0.4, -0.2) is 81.0 Å². The third-order valence-corrected chi connectivity index (χ3v) is 5.98. The Hall–Kier alpha value is -0.660. The molecule has 0 bridgehead atoms. The fourth-order valence-corrected chi connectivity index (χ4v) is 3.42. The molecule has 7 heteroatoms. The molecule has 1 unspecified atom stereocenters. The lowest BCUT2D eigenvalue weighted by Gasteiger charge is -2.39. The van der Waals surface area contributed by atoms with Gasteiger partial charge in [-0.05, 0) is 12.8 Å². The topological polar surface area (TPSA) is 60.9 Å². The van der Waals surface area contributed by atoms with Crippen molar-refractivity contribution in [3.05, 3.63) is 0 Å². The van der Waals surface area contributed by atoms with Gasteiger partial charge in [-0.1, -0.05) is 19.8 Å². The van der Waals surface area contributed by atoms with Gasteiger partial charge in [0.1, 0.15) is 0 Å². The third-order valence-electron chi connectivity index (χ3n) is 4.06. The van der Waals surface area contributed by atoms with Gasteiger partial charge in [-0.3, -0.25) is 9.69 Å². The number of carbonyl (C=O) groups is 1. The average molecular weight is 319 g/mol. The van der Waals surface area contributed by atoms with Crippen LogP contribution in [0.5, 0.6) is 0 Å². The molecule has 1 amide bonds. The molecule has 1 aliphatic heterocycles. The number of sulfonamides is 1. The molecule has 0 aromatic heterocycles. The zero-order chi connectivity index (χ0) is 16.0. The van der Waals surface area contributed by atoms with E-state index in [1.54, 1.807) is 19.0 Å². The van der Waals surface area contributed by atoms with E-state index in [2.05, 4.69) is 11.8 Å². The second kappa shape index (κ2) is 8.10. The lowest BCUT2D eigenvalue weighted by Crippen LogP contribution is -2.55. The summed E-state index contributed by atoms with van der Waals surface area (Å²) in [6.45, 7) is 4.34. The first-order chi connectivity index (χ1) is 9.79. The summed E-state index contributed by atoms with van der Waals surface area (Å²) < 4.78 is 24.8. The van der Waals surface area contributed by atoms with Crippen molar-refractivity contribution in [2.45, 2.75) is 38.6 Å². The second-order valence-corrected chi connectivity index (χ2v) is 8.21. The van der Waals surface area contributed by atoms with E-state index in [4.69, 9.17) is 0 Å². The number of hydrogen-bond acceptors (Lipinski definition) is 4. The van der Waals surface area contributed by atoms with Crippen LogP contribution in [0, 0.1) is 0 Å². The standard InChI is InChI=1S/C14H29N3O3S/c1-5-6-8-13-14(18)16(4)10-11-17(13)9-7-12-21(19,20)15(2)3/h13H,5-12H2,1-4H3. The highest BCUT2D eigenvalue weighted by atomic mass is 32.2. The van der Waals surface area contributed by atoms with Crippen LogP contribution in [0.4, 0.5) is 0 Å². The van der Waals surface area contributed by atoms with Gasteiger partial charge in [0.15, 0.2) is 0 Å². The second-order valence-electron chi connectivity index (χ2n) is 5.91. The van der Waals surface area contributed by atoms with E-state index in [0.717, 1.165) is 32.4 Å². The molecule has 124 valence electrons. The minimum absolute atomic E-state index is 0.0780. The van der Waals surface area contributed by atoms with Crippen LogP contribution in [0.2, 0.25) is 0 Å². The predicted molar refractivity (Wildman–Crippen MR) is 84.6 cm³/mol. The molecular weight excluding hydrogens is 290 g/mol. The molecule has 0 N–H and O–H groups in total. The number of rotatable bonds is 8. The third kappa shape index (κ3) is 5.23. The highest BCUT2D eigenvalue weighted by Crippen LogP contribution is 2.16. The largest absolute Gasteiger partial charge is 0.343 e. The first-order valence-corrected chi connectivity index (χ1v) is 9.29. The minimum Gasteiger partial charge on any atom is -0.343 e. The number of piperazine rings is 1. The summed E-state index contributed by atoms with van der Waals surface area (Å²) in [5.41, 5.74) is 0. The van der Waals surface area contributed by atoms with E-state index >= 15 is 0 Å². The van der Waals surface area contributed by atoms with Crippen molar-refractivity contribution in [2.24, 2.45) is 0 Å². The van der Waals surface area contributed by atoms with E-state index < -0.39 is 10.0 Å². The Kier molecular flexibility index (Phi) is 7.09. The van der Waals surface area contributed by atoms with Crippen molar-refractivity contribution in [1.82, 2.24) is 14.1 Å². The zero-order valence-corrected chi connectivity index (χ0v) is 14.5. The van der Waals surface area contributed by atoms with E-state index in [9.17, 15) is 13.2 Å². The Morgan fingerprint density at radius 1 is 1.24 bits per heavy atom. The smallest absolute Gasteiger partial charge is 0.239 e. The van der Waals surface area contributed by atoms with Crippen molar-refractivity contribution in [1.29, 1.82) is 0 Å². The van der Waals surface area contributed by atoms with E-state index in [-0.39, 0.29) is 17.7 Å². The molecule has 1 saturated heterocycles. The lowest BCUT2D eigenvalue weighted by molar-refractivity contribution is -0.140. The van der Waals surface area contributed by atoms with Crippen LogP contribution in [0.3, 0.4) is 0 Å². The SMILES string of the molecule is CCCCC1C(=O)N(C)CCN1CCCS(=O)(=O)N(C)C. The predicted octanol–water partition coefficient (Wildman–Crippen LogP) is 0.601. The van der Waals surface area contributed by atoms with Crippen molar-refractivity contribution in [2.75, 3.05) is 46.5 Å². The molecule has 1 rings (SSSR count). The van der Waals surface area contributed by atoms with Gasteiger partial charge in [0, 0.05) is 40.8 Å². The number of amides is 1. The molecule has 0 saturated carbocycles. The van der Waals surface area contributed by atoms with E-state index in [1.165, 1.54) is 4.31 Å². The molecule has 0 radical (unpaired) electrons. The molecule has 0 aliphatic carbocycles. The number of nitrogens with zero attached hydrogens (tertiary/aromatic N) is 3. The molecular formula is C14H29N3O3S. The molecule has 0 spiro atoms. The van der Waals surface area contributed by atoms with Crippen LogP contribution in [0.1, 0.15) is 32.6 Å². The van der Waals surface area contributed by atoms with Gasteiger partial charge in [-0.2, -0.15) is 0 Å². The van der Waals surface area contributed by atoms with Crippen LogP contribution >= 0.6 is 0 Å². The number of unbranched alkanes of at least 4 members (excludes halogenated alkanes) is 1. The summed E-state index contributed by atoms with van der Waals surface area (Å²) in [4.78, 5) is 16.2. The normalized spacial score (nSPS) is 21.3. The molecule has 0 aromatic rings. The number of carbonyl (C=O) groups excluding carboxylic acids is 1. The van der Waals surface area contributed by atoms with Gasteiger partial charge in [0.05, 0.1) is 11.8 Å². The summed E-state index contributed by atoms with van der Waals surface area (Å²) in [5, 5.41) is 0. The molecule has 1 fully saturated rings. The molecule has 0 aromatic carbocycles. The van der Waals surface area contributed by atoms with Gasteiger partial charge in [0.2, 0.25) is 15.9 Å². The first-order valence-electron chi connectivity index (χ1n) is 7.68. The number of likely N-dealkylation sites (N-methyl/N-ethyl adjacent to an activating group) is 1. The highest BCUT2D eigenvalue weighted by Gasteiger charge is 2.32. The van der Waals surface area contributed by atoms with Gasteiger partial charge in [-0.25, -0.2) is 12.7 Å². The maximum Gasteiger partial charge on any atom is 0.239 e. The summed E-state index contributed by atoms with van der Waals surface area (Å²) in [6, 6.07) is -0.0780. The zero-order valence-electron chi connectivity index (χ0n) is 13.7. The first kappa shape index (κ1) is 18.4. The Bertz CT molecular complexity index is 437. The van der Waals surface area contributed by atoms with E-state index in [0.29, 0.717) is 13.0 Å². The Balaban J connectivity index is 2.56. The van der Waals surface area contributed by atoms with Crippen molar-refractivity contribution < 1.29 is 13.2 Å². The maximum absolute atomic E-state index is 12.3. The fraction of sp³-hybridized carbons (Fsp3) is 0.929. The molecule has 21 heavy (non-hydrogen) atoms. The maximum atomic E-state index is 12.3. The van der Waals surface area contributed by atoms with Crippen LogP contribution in [-0.2, 0) is 14.8 Å². The van der Waals surface area contributed by atoms with Crippen molar-refractivity contribution >= 4 is 15.9 Å². The average Bonchev–Trinajstić information content (AvgIpc) is 2.41. The highest BCUT2D eigenvalue weighted by molar-refractivity contribution is 7.89. The summed E-state index contributed by atoms with van der Waals surface area (Å²) >= 11 is 0. The molecule has 1 aliphatic rings. The lowest BCUT2D eigenvalue weighted by atomic mass is 10.0. The quantitative estimate of drug-likeness (QED) is 0.657. The monoisotopic (exact) mass is 319 g/mol. The van der Waals surface area contributed by atoms with Crippen molar-refractivity contribution in [3.8, 4) is 0 Å². The Labute approximate surface area is 129 Å². The van der Waals surface area contributed by atoms with Gasteiger partial charge >= 0.3 is 0 Å². The van der Waals surface area contributed by atoms with Crippen molar-refractivity contribution in [3.63, 3.8) is 0 Å². The van der Waals surface area contributed by atoms with Crippen LogP contribution in [0.15, 0.2) is 0 Å². The van der Waals surface area contributed by atoms with Gasteiger partial charge < -0.3 is 4.90 Å². The van der Waals surface area contributed by atoms with Crippen LogP contribution in [0.25, 0.3) is 0 Å². The van der Waals surface area contributed by atoms with Crippen LogP contribution < -0.4 is 0 Å². The van der Waals surface area contributed by atoms with E-state index in [1.807, 2.05) is 7.05 Å². The Morgan fingerprint density at radius 2 is 1.90 bits per heavy atom. The number of hydrogen-bond donors (Lipinski definition) is 0. The molecule has 6 nitrogen and oxygen atoms in total. The minimum atomic E-state index is -3.15. The summed E-state index contributed by atoms with van der Waals surface area (Å²) in [5.74, 6) is 0.311. The molecule has 1 heterocycles. The van der Waals surface area contributed by atoms with Gasteiger partial charge in [0.25, 0.3) is 0 Å². The Morgan fingerprint density at radius 3 is 2.48 bits per heavy atom. The molecule has 1 atom stereocenters. The summed E-state index contributed by atoms with van der Waals surface area (Å²) in [6.07, 6.45) is 3.52.